The van der Waals surface area contributed by atoms with E-state index in [0.717, 1.165) is 13.8 Å². The van der Waals surface area contributed by atoms with E-state index in [0.29, 0.717) is 0 Å². The average Bonchev–Trinajstić information content (AvgIpc) is 2.13. The van der Waals surface area contributed by atoms with Crippen molar-refractivity contribution in [1.29, 1.82) is 0 Å². The van der Waals surface area contributed by atoms with E-state index in [4.69, 9.17) is 0 Å². The summed E-state index contributed by atoms with van der Waals surface area (Å²) < 4.78 is 66.4. The van der Waals surface area contributed by atoms with Crippen molar-refractivity contribution in [2.45, 2.75) is 44.7 Å². The van der Waals surface area contributed by atoms with Gasteiger partial charge in [-0.3, -0.25) is 0 Å². The molecule has 16 heavy (non-hydrogen) atoms. The molecule has 1 unspecified atom stereocenters. The monoisotopic (exact) mass is 240 g/mol. The molecule has 0 N–H and O–H groups in total. The first-order chi connectivity index (χ1) is 7.09. The van der Waals surface area contributed by atoms with Crippen LogP contribution in [-0.2, 0) is 0 Å². The Kier molecular flexibility index (Phi) is 3.18. The zero-order chi connectivity index (χ0) is 12.7. The zero-order valence-electron chi connectivity index (χ0n) is 9.09. The van der Waals surface area contributed by atoms with Crippen LogP contribution >= 0.6 is 0 Å². The molecule has 0 bridgehead atoms. The van der Waals surface area contributed by atoms with Crippen LogP contribution in [0.3, 0.4) is 0 Å². The molecule has 92 valence electrons. The van der Waals surface area contributed by atoms with Crippen LogP contribution in [0.1, 0.15) is 26.7 Å². The van der Waals surface area contributed by atoms with Crippen LogP contribution in [0.25, 0.3) is 0 Å². The molecule has 0 aromatic rings. The van der Waals surface area contributed by atoms with Crippen molar-refractivity contribution in [3.05, 3.63) is 23.3 Å². The molecule has 0 fully saturated rings. The number of hydrogen-bond donors (Lipinski definition) is 0. The topological polar surface area (TPSA) is 0 Å². The van der Waals surface area contributed by atoms with Gasteiger partial charge in [0.1, 0.15) is 6.17 Å². The summed E-state index contributed by atoms with van der Waals surface area (Å²) in [6.45, 7) is 5.06. The number of hydrogen-bond acceptors (Lipinski definition) is 0. The summed E-state index contributed by atoms with van der Waals surface area (Å²) in [4.78, 5) is 0. The molecule has 1 rings (SSSR count). The van der Waals surface area contributed by atoms with Crippen molar-refractivity contribution < 1.29 is 22.0 Å². The van der Waals surface area contributed by atoms with Crippen LogP contribution in [0, 0.1) is 0 Å². The highest BCUT2D eigenvalue weighted by molar-refractivity contribution is 5.44. The summed E-state index contributed by atoms with van der Waals surface area (Å²) in [5, 5.41) is 0. The number of alkyl halides is 5. The molecule has 5 heteroatoms. The Bertz CT molecular complexity index is 338. The van der Waals surface area contributed by atoms with Crippen LogP contribution in [0.15, 0.2) is 23.3 Å². The first-order valence-electron chi connectivity index (χ1n) is 4.90. The molecule has 1 aliphatic rings. The Balaban J connectivity index is 3.31. The zero-order valence-corrected chi connectivity index (χ0v) is 9.09. The first-order valence-corrected chi connectivity index (χ1v) is 4.90. The molecule has 0 radical (unpaired) electrons. The van der Waals surface area contributed by atoms with E-state index in [-0.39, 0.29) is 0 Å². The molecule has 1 atom stereocenters. The van der Waals surface area contributed by atoms with Crippen molar-refractivity contribution in [2.24, 2.45) is 0 Å². The van der Waals surface area contributed by atoms with E-state index in [9.17, 15) is 22.0 Å². The van der Waals surface area contributed by atoms with Crippen molar-refractivity contribution in [2.75, 3.05) is 0 Å². The summed E-state index contributed by atoms with van der Waals surface area (Å²) in [6, 6.07) is 0. The Morgan fingerprint density at radius 3 is 2.06 bits per heavy atom. The molecule has 1 aliphatic carbocycles. The summed E-state index contributed by atoms with van der Waals surface area (Å²) in [5.74, 6) is -6.71. The summed E-state index contributed by atoms with van der Waals surface area (Å²) in [7, 11) is 0. The molecular formula is C11H13F5. The van der Waals surface area contributed by atoms with Crippen LogP contribution < -0.4 is 0 Å². The van der Waals surface area contributed by atoms with E-state index < -0.39 is 47.6 Å². The summed E-state index contributed by atoms with van der Waals surface area (Å²) in [5.41, 5.74) is -2.24. The number of rotatable bonds is 2. The van der Waals surface area contributed by atoms with Crippen LogP contribution in [0.2, 0.25) is 0 Å². The van der Waals surface area contributed by atoms with Crippen LogP contribution in [-0.4, -0.2) is 18.0 Å². The van der Waals surface area contributed by atoms with Crippen molar-refractivity contribution in [1.82, 2.24) is 0 Å². The quantitative estimate of drug-likeness (QED) is 0.632. The Hall–Kier alpha value is -0.870. The fourth-order valence-electron chi connectivity index (χ4n) is 1.76. The van der Waals surface area contributed by atoms with Gasteiger partial charge in [-0.1, -0.05) is 6.58 Å². The van der Waals surface area contributed by atoms with Gasteiger partial charge in [-0.05, 0) is 19.4 Å². The second-order valence-corrected chi connectivity index (χ2v) is 4.05. The molecule has 0 spiro atoms. The van der Waals surface area contributed by atoms with E-state index in [1.54, 1.807) is 0 Å². The highest BCUT2D eigenvalue weighted by Gasteiger charge is 2.50. The third-order valence-corrected chi connectivity index (χ3v) is 2.84. The average molecular weight is 240 g/mol. The fourth-order valence-corrected chi connectivity index (χ4v) is 1.76. The van der Waals surface area contributed by atoms with Gasteiger partial charge in [-0.25, -0.2) is 22.0 Å². The third kappa shape index (κ3) is 2.13. The molecule has 0 aliphatic heterocycles. The minimum absolute atomic E-state index is 0.554. The van der Waals surface area contributed by atoms with Crippen LogP contribution in [0.5, 0.6) is 0 Å². The molecule has 0 heterocycles. The molecular weight excluding hydrogens is 227 g/mol. The van der Waals surface area contributed by atoms with Crippen molar-refractivity contribution in [3.8, 4) is 0 Å². The van der Waals surface area contributed by atoms with Crippen LogP contribution in [0.4, 0.5) is 22.0 Å². The van der Waals surface area contributed by atoms with Gasteiger partial charge in [0.2, 0.25) is 0 Å². The van der Waals surface area contributed by atoms with Gasteiger partial charge >= 0.3 is 0 Å². The Labute approximate surface area is 90.8 Å². The SMILES string of the molecule is C=C(C1=C(C)C(F)(F)CCC1(F)F)C(C)F. The smallest absolute Gasteiger partial charge is 0.243 e. The predicted octanol–water partition coefficient (Wildman–Crippen LogP) is 4.28. The predicted molar refractivity (Wildman–Crippen MR) is 51.5 cm³/mol. The molecule has 0 aromatic heterocycles. The molecule has 0 nitrogen and oxygen atoms in total. The van der Waals surface area contributed by atoms with Gasteiger partial charge < -0.3 is 0 Å². The molecule has 0 aromatic carbocycles. The largest absolute Gasteiger partial charge is 0.274 e. The fraction of sp³-hybridized carbons (Fsp3) is 0.636. The molecule has 0 amide bonds. The lowest BCUT2D eigenvalue weighted by molar-refractivity contribution is -0.0468. The lowest BCUT2D eigenvalue weighted by atomic mass is 9.82. The lowest BCUT2D eigenvalue weighted by Gasteiger charge is -2.33. The van der Waals surface area contributed by atoms with E-state index in [1.807, 2.05) is 0 Å². The molecule has 0 saturated heterocycles. The standard InChI is InChI=1S/C11H13F5/c1-6(8(3)12)9-7(2)10(13,14)4-5-11(9,15)16/h8H,1,4-5H2,2-3H3. The van der Waals surface area contributed by atoms with Crippen molar-refractivity contribution in [3.63, 3.8) is 0 Å². The maximum Gasteiger partial charge on any atom is 0.274 e. The first kappa shape index (κ1) is 13.2. The Morgan fingerprint density at radius 1 is 1.19 bits per heavy atom. The van der Waals surface area contributed by atoms with Gasteiger partial charge in [-0.2, -0.15) is 0 Å². The second kappa shape index (κ2) is 3.86. The van der Waals surface area contributed by atoms with E-state index in [2.05, 4.69) is 6.58 Å². The van der Waals surface area contributed by atoms with Gasteiger partial charge in [0.15, 0.2) is 0 Å². The lowest BCUT2D eigenvalue weighted by Crippen LogP contribution is -2.36. The maximum absolute atomic E-state index is 13.5. The summed E-state index contributed by atoms with van der Waals surface area (Å²) in [6.07, 6.45) is -3.65. The third-order valence-electron chi connectivity index (χ3n) is 2.84. The maximum atomic E-state index is 13.5. The van der Waals surface area contributed by atoms with E-state index >= 15 is 0 Å². The van der Waals surface area contributed by atoms with Gasteiger partial charge in [0, 0.05) is 24.0 Å². The number of halogens is 5. The van der Waals surface area contributed by atoms with E-state index in [1.165, 1.54) is 0 Å². The van der Waals surface area contributed by atoms with Gasteiger partial charge in [-0.15, -0.1) is 0 Å². The number of allylic oxidation sites excluding steroid dienone is 3. The summed E-state index contributed by atoms with van der Waals surface area (Å²) >= 11 is 0. The van der Waals surface area contributed by atoms with Crippen molar-refractivity contribution >= 4 is 0 Å². The highest BCUT2D eigenvalue weighted by Crippen LogP contribution is 2.48. The Morgan fingerprint density at radius 2 is 1.62 bits per heavy atom. The second-order valence-electron chi connectivity index (χ2n) is 4.05. The normalized spacial score (nSPS) is 25.4. The minimum atomic E-state index is -3.41. The van der Waals surface area contributed by atoms with Gasteiger partial charge in [0.05, 0.1) is 0 Å². The highest BCUT2D eigenvalue weighted by atomic mass is 19.3. The molecule has 0 saturated carbocycles. The van der Waals surface area contributed by atoms with Gasteiger partial charge in [0.25, 0.3) is 11.8 Å². The minimum Gasteiger partial charge on any atom is -0.243 e.